The Kier molecular flexibility index (Phi) is 7.97. The topological polar surface area (TPSA) is 29.1 Å². The molecular formula is C28H24BrFNOP. The van der Waals surface area contributed by atoms with Gasteiger partial charge in [0, 0.05) is 11.1 Å². The maximum atomic E-state index is 14.1. The Balaban J connectivity index is 0.00000306. The average Bonchev–Trinajstić information content (AvgIpc) is 2.85. The van der Waals surface area contributed by atoms with Crippen LogP contribution in [-0.4, -0.2) is 12.6 Å². The van der Waals surface area contributed by atoms with E-state index in [0.29, 0.717) is 5.69 Å². The third kappa shape index (κ3) is 4.98. The molecule has 0 radical (unpaired) electrons. The second kappa shape index (κ2) is 10.7. The summed E-state index contributed by atoms with van der Waals surface area (Å²) in [5.74, 6) is -0.785. The van der Waals surface area contributed by atoms with Crippen LogP contribution in [0.1, 0.15) is 0 Å². The van der Waals surface area contributed by atoms with Gasteiger partial charge in [0.05, 0.1) is 12.4 Å². The summed E-state index contributed by atoms with van der Waals surface area (Å²) >= 11 is 0. The Hall–Kier alpha value is -3.07. The monoisotopic (exact) mass is 519 g/mol. The van der Waals surface area contributed by atoms with Crippen molar-refractivity contribution in [2.45, 2.75) is 0 Å². The average molecular weight is 520 g/mol. The number of halogens is 2. The minimum atomic E-state index is -2.03. The van der Waals surface area contributed by atoms with E-state index >= 15 is 0 Å². The van der Waals surface area contributed by atoms with Crippen LogP contribution in [0.5, 0.6) is 0 Å². The van der Waals surface area contributed by atoms with Crippen LogP contribution < -0.4 is 38.2 Å². The van der Waals surface area contributed by atoms with Crippen molar-refractivity contribution in [2.75, 3.05) is 12.0 Å². The summed E-state index contributed by atoms with van der Waals surface area (Å²) in [6.07, 6.45) is 1.19. The fraction of sp³-hybridized carbons (Fsp3) is 0.0357. The second-order valence-electron chi connectivity index (χ2n) is 7.58. The van der Waals surface area contributed by atoms with E-state index in [9.17, 15) is 9.18 Å². The van der Waals surface area contributed by atoms with Crippen LogP contribution in [0.2, 0.25) is 0 Å². The van der Waals surface area contributed by atoms with E-state index in [-0.39, 0.29) is 22.9 Å². The number of hydrogen-bond donors (Lipinski definition) is 1. The van der Waals surface area contributed by atoms with Gasteiger partial charge < -0.3 is 22.3 Å². The van der Waals surface area contributed by atoms with Crippen molar-refractivity contribution < 1.29 is 26.2 Å². The number of rotatable bonds is 6. The van der Waals surface area contributed by atoms with E-state index in [1.54, 1.807) is 6.07 Å². The molecule has 4 rings (SSSR count). The minimum Gasteiger partial charge on any atom is -1.00 e. The van der Waals surface area contributed by atoms with Gasteiger partial charge in [-0.05, 0) is 54.6 Å². The Morgan fingerprint density at radius 1 is 0.818 bits per heavy atom. The first-order chi connectivity index (χ1) is 15.5. The molecule has 2 nitrogen and oxygen atoms in total. The molecule has 0 aliphatic heterocycles. The lowest BCUT2D eigenvalue weighted by Crippen LogP contribution is -3.00. The summed E-state index contributed by atoms with van der Waals surface area (Å²) in [7, 11) is -2.03. The third-order valence-corrected chi connectivity index (χ3v) is 9.66. The van der Waals surface area contributed by atoms with Crippen LogP contribution >= 0.6 is 7.26 Å². The van der Waals surface area contributed by atoms with Gasteiger partial charge in [0.25, 0.3) is 0 Å². The summed E-state index contributed by atoms with van der Waals surface area (Å²) in [6, 6.07) is 33.7. The molecule has 0 aromatic heterocycles. The molecule has 33 heavy (non-hydrogen) atoms. The summed E-state index contributed by atoms with van der Waals surface area (Å²) in [4.78, 5) is 12.1. The fourth-order valence-electron chi connectivity index (χ4n) is 4.01. The lowest BCUT2D eigenvalue weighted by atomic mass is 10.0. The Bertz CT molecular complexity index is 1220. The highest BCUT2D eigenvalue weighted by molar-refractivity contribution is 7.95. The first-order valence-electron chi connectivity index (χ1n) is 10.3. The molecule has 1 amide bonds. The summed E-state index contributed by atoms with van der Waals surface area (Å²) < 4.78 is 14.1. The molecule has 0 spiro atoms. The van der Waals surface area contributed by atoms with Crippen molar-refractivity contribution in [3.63, 3.8) is 0 Å². The zero-order valence-corrected chi connectivity index (χ0v) is 20.7. The zero-order valence-electron chi connectivity index (χ0n) is 18.2. The van der Waals surface area contributed by atoms with Crippen molar-refractivity contribution in [1.82, 2.24) is 0 Å². The Morgan fingerprint density at radius 2 is 1.36 bits per heavy atom. The highest BCUT2D eigenvalue weighted by atomic mass is 79.9. The fourth-order valence-corrected chi connectivity index (χ4v) is 7.46. The molecule has 0 fully saturated rings. The highest BCUT2D eigenvalue weighted by Crippen LogP contribution is 2.53. The molecule has 0 atom stereocenters. The van der Waals surface area contributed by atoms with Gasteiger partial charge in [-0.15, -0.1) is 0 Å². The third-order valence-electron chi connectivity index (χ3n) is 5.65. The lowest BCUT2D eigenvalue weighted by Gasteiger charge is -2.26. The molecule has 0 aliphatic carbocycles. The van der Waals surface area contributed by atoms with Crippen LogP contribution in [0.4, 0.5) is 10.1 Å². The first kappa shape index (κ1) is 24.6. The number of hydrogen-bond acceptors (Lipinski definition) is 1. The van der Waals surface area contributed by atoms with Gasteiger partial charge in [-0.2, -0.15) is 0 Å². The number of anilines is 1. The van der Waals surface area contributed by atoms with Gasteiger partial charge in [-0.3, -0.25) is 4.79 Å². The zero-order chi connectivity index (χ0) is 22.6. The van der Waals surface area contributed by atoms with Crippen LogP contribution in [0, 0.1) is 5.82 Å². The van der Waals surface area contributed by atoms with Gasteiger partial charge in [-0.1, -0.05) is 61.2 Å². The van der Waals surface area contributed by atoms with Gasteiger partial charge >= 0.3 is 0 Å². The quantitative estimate of drug-likeness (QED) is 0.308. The van der Waals surface area contributed by atoms with Gasteiger partial charge in [0.2, 0.25) is 5.91 Å². The van der Waals surface area contributed by atoms with E-state index in [4.69, 9.17) is 0 Å². The molecule has 0 heterocycles. The molecule has 0 saturated heterocycles. The molecule has 4 aromatic carbocycles. The van der Waals surface area contributed by atoms with E-state index in [2.05, 4.69) is 73.2 Å². The predicted molar refractivity (Wildman–Crippen MR) is 135 cm³/mol. The highest BCUT2D eigenvalue weighted by Gasteiger charge is 2.42. The number of carbonyl (C=O) groups excluding carboxylic acids is 1. The molecule has 0 saturated carbocycles. The van der Waals surface area contributed by atoms with E-state index in [1.165, 1.54) is 28.8 Å². The van der Waals surface area contributed by atoms with Crippen LogP contribution in [0.25, 0.3) is 11.1 Å². The molecule has 166 valence electrons. The summed E-state index contributed by atoms with van der Waals surface area (Å²) in [6.45, 7) is 5.83. The number of nitrogens with one attached hydrogen (secondary N) is 1. The molecular weight excluding hydrogens is 496 g/mol. The Morgan fingerprint density at radius 3 is 1.94 bits per heavy atom. The van der Waals surface area contributed by atoms with Gasteiger partial charge in [0.15, 0.2) is 0 Å². The summed E-state index contributed by atoms with van der Waals surface area (Å²) in [5.41, 5.74) is 2.17. The van der Waals surface area contributed by atoms with Crippen LogP contribution in [0.3, 0.4) is 0 Å². The standard InChI is InChI=1S/C28H23FNOP.BrH/c1-3-28(31)30-26-20-21(29)18-19-24(26)25-16-10-11-17-27(25)32(2,22-12-6-4-7-13-22)23-14-8-5-9-15-23;/h3-20H,1H2,2H3;1H. The molecule has 1 N–H and O–H groups in total. The maximum Gasteiger partial charge on any atom is 0.247 e. The predicted octanol–water partition coefficient (Wildman–Crippen LogP) is 2.54. The first-order valence-corrected chi connectivity index (χ1v) is 12.6. The lowest BCUT2D eigenvalue weighted by molar-refractivity contribution is -0.111. The molecule has 0 bridgehead atoms. The number of amides is 1. The summed E-state index contributed by atoms with van der Waals surface area (Å²) in [5, 5.41) is 6.43. The van der Waals surface area contributed by atoms with E-state index in [0.717, 1.165) is 16.4 Å². The molecule has 0 unspecified atom stereocenters. The van der Waals surface area contributed by atoms with Gasteiger partial charge in [-0.25, -0.2) is 4.39 Å². The van der Waals surface area contributed by atoms with Crippen molar-refractivity contribution in [3.8, 4) is 11.1 Å². The second-order valence-corrected chi connectivity index (χ2v) is 11.1. The maximum absolute atomic E-state index is 14.1. The van der Waals surface area contributed by atoms with E-state index < -0.39 is 13.1 Å². The van der Waals surface area contributed by atoms with Crippen molar-refractivity contribution >= 4 is 34.8 Å². The largest absolute Gasteiger partial charge is 1.00 e. The Labute approximate surface area is 205 Å². The van der Waals surface area contributed by atoms with Crippen molar-refractivity contribution in [1.29, 1.82) is 0 Å². The molecule has 5 heteroatoms. The van der Waals surface area contributed by atoms with Gasteiger partial charge in [0.1, 0.15) is 29.0 Å². The van der Waals surface area contributed by atoms with Crippen LogP contribution in [-0.2, 0) is 4.79 Å². The normalized spacial score (nSPS) is 10.7. The van der Waals surface area contributed by atoms with Crippen molar-refractivity contribution in [2.24, 2.45) is 0 Å². The SMILES string of the molecule is C=CC(=O)Nc1cc(F)ccc1-c1ccccc1[P+](C)(c1ccccc1)c1ccccc1.[Br-]. The number of benzene rings is 4. The van der Waals surface area contributed by atoms with E-state index in [1.807, 2.05) is 30.3 Å². The van der Waals surface area contributed by atoms with Crippen LogP contribution in [0.15, 0.2) is 116 Å². The molecule has 0 aliphatic rings. The smallest absolute Gasteiger partial charge is 0.247 e. The molecule has 4 aromatic rings. The minimum absolute atomic E-state index is 0. The number of carbonyl (C=O) groups is 1. The van der Waals surface area contributed by atoms with Crippen molar-refractivity contribution in [3.05, 3.63) is 122 Å².